The minimum Gasteiger partial charge on any atom is -0.393 e. The highest BCUT2D eigenvalue weighted by Gasteiger charge is 2.19. The van der Waals surface area contributed by atoms with Crippen molar-refractivity contribution in [2.45, 2.75) is 31.9 Å². The second-order valence-electron chi connectivity index (χ2n) is 3.60. The van der Waals surface area contributed by atoms with Gasteiger partial charge >= 0.3 is 0 Å². The Balaban J connectivity index is 3.70. The molecule has 0 aromatic heterocycles. The topological polar surface area (TPSA) is 61.7 Å². The fraction of sp³-hybridized carbons (Fsp3) is 1.00. The van der Waals surface area contributed by atoms with Gasteiger partial charge in [-0.2, -0.15) is 0 Å². The molecule has 0 heterocycles. The van der Waals surface area contributed by atoms with E-state index in [9.17, 15) is 5.11 Å². The molecule has 0 rings (SSSR count). The lowest BCUT2D eigenvalue weighted by molar-refractivity contribution is -0.00149. The van der Waals surface area contributed by atoms with Gasteiger partial charge in [0, 0.05) is 19.7 Å². The number of aliphatic hydroxyl groups is 2. The molecule has 0 amide bonds. The first-order valence-electron chi connectivity index (χ1n) is 4.61. The molecule has 0 spiro atoms. The lowest BCUT2D eigenvalue weighted by Crippen LogP contribution is -2.46. The van der Waals surface area contributed by atoms with Crippen LogP contribution in [0.2, 0.25) is 0 Å². The van der Waals surface area contributed by atoms with Crippen molar-refractivity contribution >= 4 is 0 Å². The van der Waals surface area contributed by atoms with Crippen LogP contribution in [0.4, 0.5) is 0 Å². The average Bonchev–Trinajstić information content (AvgIpc) is 2.12. The monoisotopic (exact) mass is 191 g/mol. The molecule has 2 unspecified atom stereocenters. The van der Waals surface area contributed by atoms with Crippen molar-refractivity contribution < 1.29 is 14.9 Å². The zero-order valence-electron chi connectivity index (χ0n) is 8.71. The summed E-state index contributed by atoms with van der Waals surface area (Å²) >= 11 is 0. The van der Waals surface area contributed by atoms with Crippen molar-refractivity contribution in [1.29, 1.82) is 0 Å². The highest BCUT2D eigenvalue weighted by atomic mass is 16.5. The molecular weight excluding hydrogens is 170 g/mol. The summed E-state index contributed by atoms with van der Waals surface area (Å²) in [6.45, 7) is 4.41. The third-order valence-corrected chi connectivity index (χ3v) is 1.97. The van der Waals surface area contributed by atoms with Crippen LogP contribution in [0.15, 0.2) is 0 Å². The van der Waals surface area contributed by atoms with E-state index in [0.717, 1.165) is 6.42 Å². The van der Waals surface area contributed by atoms with Gasteiger partial charge in [-0.05, 0) is 13.3 Å². The van der Waals surface area contributed by atoms with Gasteiger partial charge in [-0.1, -0.05) is 6.92 Å². The second-order valence-corrected chi connectivity index (χ2v) is 3.60. The predicted octanol–water partition coefficient (Wildman–Crippen LogP) is -0.256. The summed E-state index contributed by atoms with van der Waals surface area (Å²) in [5.74, 6) is 0. The maximum Gasteiger partial charge on any atom is 0.0972 e. The van der Waals surface area contributed by atoms with Crippen LogP contribution in [0.3, 0.4) is 0 Å². The molecule has 0 aliphatic carbocycles. The van der Waals surface area contributed by atoms with Crippen LogP contribution < -0.4 is 5.32 Å². The number of hydrogen-bond acceptors (Lipinski definition) is 4. The number of hydrogen-bond donors (Lipinski definition) is 3. The maximum atomic E-state index is 9.48. The molecule has 3 N–H and O–H groups in total. The van der Waals surface area contributed by atoms with E-state index in [1.165, 1.54) is 0 Å². The highest BCUT2D eigenvalue weighted by molar-refractivity contribution is 4.76. The minimum absolute atomic E-state index is 0.233. The van der Waals surface area contributed by atoms with E-state index < -0.39 is 5.60 Å². The summed E-state index contributed by atoms with van der Waals surface area (Å²) < 4.78 is 4.99. The molecule has 2 atom stereocenters. The second kappa shape index (κ2) is 6.32. The van der Waals surface area contributed by atoms with E-state index in [0.29, 0.717) is 13.2 Å². The van der Waals surface area contributed by atoms with Gasteiger partial charge in [0.15, 0.2) is 0 Å². The van der Waals surface area contributed by atoms with Gasteiger partial charge in [-0.25, -0.2) is 0 Å². The normalized spacial score (nSPS) is 18.2. The maximum absolute atomic E-state index is 9.48. The molecule has 0 aliphatic heterocycles. The fourth-order valence-corrected chi connectivity index (χ4v) is 0.942. The van der Waals surface area contributed by atoms with E-state index in [4.69, 9.17) is 9.84 Å². The lowest BCUT2D eigenvalue weighted by Gasteiger charge is -2.24. The van der Waals surface area contributed by atoms with Gasteiger partial charge in [0.1, 0.15) is 0 Å². The van der Waals surface area contributed by atoms with Crippen LogP contribution in [-0.2, 0) is 4.74 Å². The Morgan fingerprint density at radius 1 is 1.54 bits per heavy atom. The smallest absolute Gasteiger partial charge is 0.0972 e. The number of nitrogens with one attached hydrogen (secondary N) is 1. The Morgan fingerprint density at radius 2 is 2.15 bits per heavy atom. The molecule has 0 fully saturated rings. The van der Waals surface area contributed by atoms with E-state index in [1.807, 2.05) is 6.92 Å². The van der Waals surface area contributed by atoms with Crippen molar-refractivity contribution in [3.63, 3.8) is 0 Å². The van der Waals surface area contributed by atoms with Crippen molar-refractivity contribution in [2.24, 2.45) is 0 Å². The first-order valence-corrected chi connectivity index (χ1v) is 4.61. The van der Waals surface area contributed by atoms with Crippen molar-refractivity contribution in [1.82, 2.24) is 5.32 Å². The molecule has 80 valence electrons. The Labute approximate surface area is 79.9 Å². The lowest BCUT2D eigenvalue weighted by atomic mass is 10.1. The predicted molar refractivity (Wildman–Crippen MR) is 51.7 cm³/mol. The molecule has 0 aromatic rings. The molecule has 13 heavy (non-hydrogen) atoms. The van der Waals surface area contributed by atoms with Crippen LogP contribution in [0.5, 0.6) is 0 Å². The van der Waals surface area contributed by atoms with Gasteiger partial charge in [-0.3, -0.25) is 0 Å². The molecule has 0 bridgehead atoms. The van der Waals surface area contributed by atoms with Gasteiger partial charge < -0.3 is 20.3 Å². The van der Waals surface area contributed by atoms with Crippen molar-refractivity contribution in [3.8, 4) is 0 Å². The Kier molecular flexibility index (Phi) is 6.24. The molecule has 0 saturated heterocycles. The Morgan fingerprint density at radius 3 is 2.54 bits per heavy atom. The van der Waals surface area contributed by atoms with Crippen LogP contribution >= 0.6 is 0 Å². The highest BCUT2D eigenvalue weighted by Crippen LogP contribution is 2.00. The number of ether oxygens (including phenoxy) is 1. The quantitative estimate of drug-likeness (QED) is 0.519. The number of rotatable bonds is 7. The third-order valence-electron chi connectivity index (χ3n) is 1.97. The van der Waals surface area contributed by atoms with Crippen molar-refractivity contribution in [2.75, 3.05) is 26.9 Å². The Hall–Kier alpha value is -0.160. The van der Waals surface area contributed by atoms with E-state index in [2.05, 4.69) is 5.32 Å². The first kappa shape index (κ1) is 12.8. The third kappa shape index (κ3) is 5.99. The summed E-state index contributed by atoms with van der Waals surface area (Å²) in [6.07, 6.45) is 0.940. The zero-order valence-corrected chi connectivity index (χ0v) is 8.71. The summed E-state index contributed by atoms with van der Waals surface area (Å²) in [6, 6.07) is 0.239. The van der Waals surface area contributed by atoms with Gasteiger partial charge in [0.25, 0.3) is 0 Å². The van der Waals surface area contributed by atoms with Crippen LogP contribution in [0.1, 0.15) is 20.3 Å². The van der Waals surface area contributed by atoms with Crippen LogP contribution in [0.25, 0.3) is 0 Å². The van der Waals surface area contributed by atoms with Crippen molar-refractivity contribution in [3.05, 3.63) is 0 Å². The molecule has 4 nitrogen and oxygen atoms in total. The summed E-state index contributed by atoms with van der Waals surface area (Å²) in [5.41, 5.74) is -1.04. The fourth-order valence-electron chi connectivity index (χ4n) is 0.942. The first-order chi connectivity index (χ1) is 6.05. The molecule has 0 saturated carbocycles. The van der Waals surface area contributed by atoms with Crippen LogP contribution in [-0.4, -0.2) is 48.7 Å². The van der Waals surface area contributed by atoms with Gasteiger partial charge in [0.2, 0.25) is 0 Å². The molecule has 0 aliphatic rings. The molecular formula is C9H21NO3. The summed E-state index contributed by atoms with van der Waals surface area (Å²) in [4.78, 5) is 0. The minimum atomic E-state index is -1.04. The van der Waals surface area contributed by atoms with Gasteiger partial charge in [0.05, 0.1) is 18.8 Å². The largest absolute Gasteiger partial charge is 0.393 e. The van der Waals surface area contributed by atoms with Crippen LogP contribution in [0, 0.1) is 0 Å². The molecule has 4 heteroatoms. The van der Waals surface area contributed by atoms with E-state index in [1.54, 1.807) is 14.0 Å². The SMILES string of the molecule is CCC(COC)NCC(C)(O)CO. The zero-order chi connectivity index (χ0) is 10.3. The number of aliphatic hydroxyl groups excluding tert-OH is 1. The van der Waals surface area contributed by atoms with Gasteiger partial charge in [-0.15, -0.1) is 0 Å². The van der Waals surface area contributed by atoms with E-state index >= 15 is 0 Å². The summed E-state index contributed by atoms with van der Waals surface area (Å²) in [5, 5.41) is 21.4. The summed E-state index contributed by atoms with van der Waals surface area (Å²) in [7, 11) is 1.65. The molecule has 0 aromatic carbocycles. The average molecular weight is 191 g/mol. The molecule has 0 radical (unpaired) electrons. The standard InChI is InChI=1S/C9H21NO3/c1-4-8(5-13-3)10-6-9(2,12)7-11/h8,10-12H,4-7H2,1-3H3. The van der Waals surface area contributed by atoms with E-state index in [-0.39, 0.29) is 12.6 Å². The Bertz CT molecular complexity index is 128. The number of methoxy groups -OCH3 is 1.